The molecular formula is C21H17ClF3N3O2. The zero-order valence-electron chi connectivity index (χ0n) is 15.8. The Morgan fingerprint density at radius 1 is 1.13 bits per heavy atom. The third-order valence-electron chi connectivity index (χ3n) is 4.05. The molecule has 0 radical (unpaired) electrons. The first-order valence-corrected chi connectivity index (χ1v) is 9.16. The Morgan fingerprint density at radius 3 is 2.43 bits per heavy atom. The van der Waals surface area contributed by atoms with Crippen molar-refractivity contribution < 1.29 is 22.7 Å². The lowest BCUT2D eigenvalue weighted by Gasteiger charge is -2.20. The molecule has 0 spiro atoms. The lowest BCUT2D eigenvalue weighted by Crippen LogP contribution is -2.39. The van der Waals surface area contributed by atoms with E-state index in [0.29, 0.717) is 10.6 Å². The van der Waals surface area contributed by atoms with Gasteiger partial charge in [0.2, 0.25) is 5.88 Å². The largest absolute Gasteiger partial charge is 0.468 e. The number of alkyl halides is 3. The summed E-state index contributed by atoms with van der Waals surface area (Å²) >= 11 is 5.89. The molecule has 9 heteroatoms. The molecule has 0 aliphatic rings. The van der Waals surface area contributed by atoms with Crippen molar-refractivity contribution in [2.45, 2.75) is 6.18 Å². The van der Waals surface area contributed by atoms with Gasteiger partial charge in [0.15, 0.2) is 6.61 Å². The van der Waals surface area contributed by atoms with Crippen molar-refractivity contribution in [3.8, 4) is 17.0 Å². The molecule has 0 fully saturated rings. The van der Waals surface area contributed by atoms with E-state index in [-0.39, 0.29) is 17.0 Å². The van der Waals surface area contributed by atoms with Gasteiger partial charge < -0.3 is 4.74 Å². The maximum absolute atomic E-state index is 12.7. The number of carbonyl (C=O) groups excluding carboxylic acids is 1. The van der Waals surface area contributed by atoms with Gasteiger partial charge in [-0.3, -0.25) is 15.2 Å². The predicted octanol–water partition coefficient (Wildman–Crippen LogP) is 5.12. The van der Waals surface area contributed by atoms with E-state index in [9.17, 15) is 18.0 Å². The van der Waals surface area contributed by atoms with Crippen molar-refractivity contribution in [1.82, 2.24) is 10.4 Å². The Kier molecular flexibility index (Phi) is 6.47. The molecule has 1 heterocycles. The second-order valence-corrected chi connectivity index (χ2v) is 6.76. The van der Waals surface area contributed by atoms with E-state index in [2.05, 4.69) is 10.4 Å². The van der Waals surface area contributed by atoms with Crippen LogP contribution >= 0.6 is 11.6 Å². The summed E-state index contributed by atoms with van der Waals surface area (Å²) in [6.45, 7) is -1.50. The minimum Gasteiger partial charge on any atom is -0.468 e. The van der Waals surface area contributed by atoms with Crippen LogP contribution in [-0.4, -0.2) is 30.7 Å². The van der Waals surface area contributed by atoms with Crippen molar-refractivity contribution in [3.05, 3.63) is 77.4 Å². The Bertz CT molecular complexity index is 1010. The van der Waals surface area contributed by atoms with Gasteiger partial charge >= 0.3 is 6.18 Å². The number of halogens is 4. The Hall–Kier alpha value is -3.26. The fourth-order valence-electron chi connectivity index (χ4n) is 2.61. The molecule has 156 valence electrons. The van der Waals surface area contributed by atoms with Gasteiger partial charge in [0, 0.05) is 23.8 Å². The topological polar surface area (TPSA) is 54.5 Å². The number of amides is 1. The number of nitrogens with zero attached hydrogens (tertiary/aromatic N) is 2. The summed E-state index contributed by atoms with van der Waals surface area (Å²) < 4.78 is 42.7. The first-order chi connectivity index (χ1) is 14.2. The van der Waals surface area contributed by atoms with Gasteiger partial charge in [0.25, 0.3) is 5.91 Å². The molecule has 0 bridgehead atoms. The molecule has 0 unspecified atom stereocenters. The SMILES string of the molecule is CN(NC(=O)c1cnc(OCC(F)(F)F)c(-c2ccc(Cl)cc2)c1)c1ccccc1. The van der Waals surface area contributed by atoms with E-state index in [1.807, 2.05) is 30.3 Å². The monoisotopic (exact) mass is 435 g/mol. The van der Waals surface area contributed by atoms with Crippen LogP contribution in [0.3, 0.4) is 0 Å². The molecule has 0 aliphatic heterocycles. The van der Waals surface area contributed by atoms with Crippen LogP contribution in [0.1, 0.15) is 10.4 Å². The molecule has 0 saturated heterocycles. The maximum atomic E-state index is 12.7. The minimum atomic E-state index is -4.52. The number of nitrogens with one attached hydrogen (secondary N) is 1. The van der Waals surface area contributed by atoms with Crippen LogP contribution < -0.4 is 15.2 Å². The molecule has 1 amide bonds. The Morgan fingerprint density at radius 2 is 1.80 bits per heavy atom. The highest BCUT2D eigenvalue weighted by Gasteiger charge is 2.29. The number of carbonyl (C=O) groups is 1. The summed E-state index contributed by atoms with van der Waals surface area (Å²) in [5.74, 6) is -0.714. The third kappa shape index (κ3) is 5.64. The zero-order valence-corrected chi connectivity index (χ0v) is 16.5. The summed E-state index contributed by atoms with van der Waals surface area (Å²) in [6, 6.07) is 16.9. The highest BCUT2D eigenvalue weighted by atomic mass is 35.5. The first kappa shape index (κ1) is 21.4. The molecule has 1 N–H and O–H groups in total. The number of hydrogen-bond donors (Lipinski definition) is 1. The molecular weight excluding hydrogens is 419 g/mol. The third-order valence-corrected chi connectivity index (χ3v) is 4.31. The average molecular weight is 436 g/mol. The summed E-state index contributed by atoms with van der Waals surface area (Å²) in [5, 5.41) is 1.99. The van der Waals surface area contributed by atoms with E-state index in [4.69, 9.17) is 16.3 Å². The van der Waals surface area contributed by atoms with Crippen LogP contribution in [0.5, 0.6) is 5.88 Å². The standard InChI is InChI=1S/C21H17ClF3N3O2/c1-28(17-5-3-2-4-6-17)27-19(29)15-11-18(14-7-9-16(22)10-8-14)20(26-12-15)30-13-21(23,24)25/h2-12H,13H2,1H3,(H,27,29). The Labute approximate surface area is 176 Å². The zero-order chi connectivity index (χ0) is 21.7. The van der Waals surface area contributed by atoms with Crippen molar-refractivity contribution in [2.24, 2.45) is 0 Å². The number of ether oxygens (including phenoxy) is 1. The number of hydrazine groups is 1. The molecule has 0 saturated carbocycles. The highest BCUT2D eigenvalue weighted by Crippen LogP contribution is 2.31. The maximum Gasteiger partial charge on any atom is 0.422 e. The van der Waals surface area contributed by atoms with E-state index in [1.165, 1.54) is 17.3 Å². The summed E-state index contributed by atoms with van der Waals surface area (Å²) in [6.07, 6.45) is -3.35. The van der Waals surface area contributed by atoms with E-state index in [1.54, 1.807) is 31.3 Å². The lowest BCUT2D eigenvalue weighted by molar-refractivity contribution is -0.154. The summed E-state index contributed by atoms with van der Waals surface area (Å²) in [7, 11) is 1.67. The highest BCUT2D eigenvalue weighted by molar-refractivity contribution is 6.30. The van der Waals surface area contributed by atoms with Crippen LogP contribution in [0.15, 0.2) is 66.9 Å². The number of aromatic nitrogens is 1. The number of benzene rings is 2. The lowest BCUT2D eigenvalue weighted by atomic mass is 10.1. The van der Waals surface area contributed by atoms with Crippen LogP contribution in [-0.2, 0) is 0 Å². The second kappa shape index (κ2) is 9.04. The molecule has 0 atom stereocenters. The van der Waals surface area contributed by atoms with Crippen molar-refractivity contribution >= 4 is 23.2 Å². The number of pyridine rings is 1. The van der Waals surface area contributed by atoms with Gasteiger partial charge in [-0.15, -0.1) is 0 Å². The van der Waals surface area contributed by atoms with Crippen LogP contribution in [0.4, 0.5) is 18.9 Å². The van der Waals surface area contributed by atoms with Crippen LogP contribution in [0.2, 0.25) is 5.02 Å². The van der Waals surface area contributed by atoms with Crippen molar-refractivity contribution in [3.63, 3.8) is 0 Å². The van der Waals surface area contributed by atoms with Crippen molar-refractivity contribution in [1.29, 1.82) is 0 Å². The van der Waals surface area contributed by atoms with Gasteiger partial charge in [-0.25, -0.2) is 4.98 Å². The van der Waals surface area contributed by atoms with Gasteiger partial charge in [-0.1, -0.05) is 41.9 Å². The number of para-hydroxylation sites is 1. The fraction of sp³-hybridized carbons (Fsp3) is 0.143. The Balaban J connectivity index is 1.89. The molecule has 5 nitrogen and oxygen atoms in total. The summed E-state index contributed by atoms with van der Waals surface area (Å²) in [4.78, 5) is 16.6. The average Bonchev–Trinajstić information content (AvgIpc) is 2.73. The van der Waals surface area contributed by atoms with E-state index in [0.717, 1.165) is 5.69 Å². The molecule has 30 heavy (non-hydrogen) atoms. The number of hydrogen-bond acceptors (Lipinski definition) is 4. The van der Waals surface area contributed by atoms with Gasteiger partial charge in [0.05, 0.1) is 11.3 Å². The smallest absolute Gasteiger partial charge is 0.422 e. The molecule has 0 aliphatic carbocycles. The van der Waals surface area contributed by atoms with E-state index >= 15 is 0 Å². The van der Waals surface area contributed by atoms with Crippen LogP contribution in [0.25, 0.3) is 11.1 Å². The van der Waals surface area contributed by atoms with Crippen LogP contribution in [0, 0.1) is 0 Å². The number of rotatable bonds is 6. The normalized spacial score (nSPS) is 11.1. The second-order valence-electron chi connectivity index (χ2n) is 6.32. The number of anilines is 1. The minimum absolute atomic E-state index is 0.155. The molecule has 3 aromatic rings. The summed E-state index contributed by atoms with van der Waals surface area (Å²) in [5.41, 5.74) is 4.35. The van der Waals surface area contributed by atoms with Gasteiger partial charge in [-0.05, 0) is 35.9 Å². The predicted molar refractivity (Wildman–Crippen MR) is 109 cm³/mol. The fourth-order valence-corrected chi connectivity index (χ4v) is 2.74. The van der Waals surface area contributed by atoms with Gasteiger partial charge in [-0.2, -0.15) is 13.2 Å². The van der Waals surface area contributed by atoms with E-state index < -0.39 is 18.7 Å². The van der Waals surface area contributed by atoms with Crippen molar-refractivity contribution in [2.75, 3.05) is 18.7 Å². The molecule has 1 aromatic heterocycles. The molecule has 2 aromatic carbocycles. The van der Waals surface area contributed by atoms with Gasteiger partial charge in [0.1, 0.15) is 0 Å². The first-order valence-electron chi connectivity index (χ1n) is 8.78. The quantitative estimate of drug-likeness (QED) is 0.546. The molecule has 3 rings (SSSR count).